The lowest BCUT2D eigenvalue weighted by atomic mass is 9.88. The van der Waals surface area contributed by atoms with E-state index < -0.39 is 0 Å². The molecule has 1 aliphatic heterocycles. The number of morpholine rings is 1. The van der Waals surface area contributed by atoms with Gasteiger partial charge in [0.25, 0.3) is 0 Å². The van der Waals surface area contributed by atoms with Gasteiger partial charge in [0.15, 0.2) is 0 Å². The molecule has 1 unspecified atom stereocenters. The van der Waals surface area contributed by atoms with Crippen LogP contribution in [-0.4, -0.2) is 37.0 Å². The Hall–Kier alpha value is -0.120. The Labute approximate surface area is 93.5 Å². The van der Waals surface area contributed by atoms with E-state index >= 15 is 0 Å². The Morgan fingerprint density at radius 3 is 2.33 bits per heavy atom. The largest absolute Gasteiger partial charge is 0.379 e. The van der Waals surface area contributed by atoms with E-state index in [-0.39, 0.29) is 16.8 Å². The molecule has 0 aromatic heterocycles. The molecule has 0 bridgehead atoms. The minimum absolute atomic E-state index is 0.0865. The first-order valence-corrected chi connectivity index (χ1v) is 5.64. The molecule has 0 amide bonds. The molecule has 3 nitrogen and oxygen atoms in total. The molecule has 1 heterocycles. The van der Waals surface area contributed by atoms with E-state index in [0.717, 1.165) is 19.5 Å². The zero-order valence-corrected chi connectivity index (χ0v) is 10.9. The van der Waals surface area contributed by atoms with Crippen LogP contribution >= 0.6 is 0 Å². The summed E-state index contributed by atoms with van der Waals surface area (Å²) in [4.78, 5) is 0. The van der Waals surface area contributed by atoms with Crippen molar-refractivity contribution in [3.8, 4) is 0 Å². The molecule has 0 saturated carbocycles. The van der Waals surface area contributed by atoms with E-state index in [1.54, 1.807) is 7.11 Å². The molecule has 1 saturated heterocycles. The standard InChI is InChI=1S/C12H25NO2/c1-10(2,14-6)7-12(5)9-13-8-11(3,4)15-12/h13H,7-9H2,1-6H3. The first-order valence-electron chi connectivity index (χ1n) is 5.64. The van der Waals surface area contributed by atoms with Crippen molar-refractivity contribution in [2.75, 3.05) is 20.2 Å². The molecule has 0 radical (unpaired) electrons. The zero-order chi connectivity index (χ0) is 11.7. The average Bonchev–Trinajstić information content (AvgIpc) is 1.99. The van der Waals surface area contributed by atoms with Crippen LogP contribution in [0.4, 0.5) is 0 Å². The molecule has 0 spiro atoms. The fourth-order valence-electron chi connectivity index (χ4n) is 2.44. The van der Waals surface area contributed by atoms with Crippen LogP contribution < -0.4 is 5.32 Å². The van der Waals surface area contributed by atoms with Crippen molar-refractivity contribution in [3.05, 3.63) is 0 Å². The second-order valence-electron chi connectivity index (χ2n) is 6.06. The summed E-state index contributed by atoms with van der Waals surface area (Å²) < 4.78 is 11.6. The number of ether oxygens (including phenoxy) is 2. The highest BCUT2D eigenvalue weighted by molar-refractivity contribution is 4.93. The number of methoxy groups -OCH3 is 1. The highest BCUT2D eigenvalue weighted by Gasteiger charge is 2.40. The Morgan fingerprint density at radius 1 is 1.27 bits per heavy atom. The van der Waals surface area contributed by atoms with Gasteiger partial charge in [-0.05, 0) is 34.6 Å². The monoisotopic (exact) mass is 215 g/mol. The molecule has 0 aromatic rings. The normalized spacial score (nSPS) is 31.6. The Balaban J connectivity index is 2.66. The molecule has 0 aliphatic carbocycles. The van der Waals surface area contributed by atoms with E-state index in [4.69, 9.17) is 9.47 Å². The minimum atomic E-state index is -0.138. The molecule has 1 fully saturated rings. The summed E-state index contributed by atoms with van der Waals surface area (Å²) in [6, 6.07) is 0. The van der Waals surface area contributed by atoms with Crippen molar-refractivity contribution >= 4 is 0 Å². The number of hydrogen-bond acceptors (Lipinski definition) is 3. The van der Waals surface area contributed by atoms with Crippen LogP contribution in [0.1, 0.15) is 41.0 Å². The van der Waals surface area contributed by atoms with E-state index in [2.05, 4.69) is 39.9 Å². The summed E-state index contributed by atoms with van der Waals surface area (Å²) in [5.74, 6) is 0. The number of rotatable bonds is 3. The number of nitrogens with one attached hydrogen (secondary N) is 1. The smallest absolute Gasteiger partial charge is 0.0813 e. The van der Waals surface area contributed by atoms with E-state index in [9.17, 15) is 0 Å². The number of hydrogen-bond donors (Lipinski definition) is 1. The molecule has 15 heavy (non-hydrogen) atoms. The summed E-state index contributed by atoms with van der Waals surface area (Å²) >= 11 is 0. The Morgan fingerprint density at radius 2 is 1.87 bits per heavy atom. The molecular weight excluding hydrogens is 190 g/mol. The van der Waals surface area contributed by atoms with E-state index in [1.807, 2.05) is 0 Å². The zero-order valence-electron chi connectivity index (χ0n) is 10.9. The SMILES string of the molecule is COC(C)(C)CC1(C)CNCC(C)(C)O1. The fourth-order valence-corrected chi connectivity index (χ4v) is 2.44. The topological polar surface area (TPSA) is 30.5 Å². The Bertz CT molecular complexity index is 226. The molecule has 1 atom stereocenters. The van der Waals surface area contributed by atoms with Crippen LogP contribution in [0, 0.1) is 0 Å². The molecular formula is C12H25NO2. The minimum Gasteiger partial charge on any atom is -0.379 e. The van der Waals surface area contributed by atoms with Gasteiger partial charge in [-0.1, -0.05) is 0 Å². The predicted octanol–water partition coefficient (Wildman–Crippen LogP) is 1.96. The van der Waals surface area contributed by atoms with Crippen LogP contribution in [0.5, 0.6) is 0 Å². The quantitative estimate of drug-likeness (QED) is 0.780. The molecule has 1 aliphatic rings. The van der Waals surface area contributed by atoms with E-state index in [1.165, 1.54) is 0 Å². The van der Waals surface area contributed by atoms with Crippen molar-refractivity contribution in [3.63, 3.8) is 0 Å². The molecule has 1 N–H and O–H groups in total. The highest BCUT2D eigenvalue weighted by atomic mass is 16.5. The van der Waals surface area contributed by atoms with Crippen molar-refractivity contribution in [1.29, 1.82) is 0 Å². The van der Waals surface area contributed by atoms with Gasteiger partial charge in [-0.3, -0.25) is 0 Å². The van der Waals surface area contributed by atoms with Gasteiger partial charge >= 0.3 is 0 Å². The lowest BCUT2D eigenvalue weighted by Crippen LogP contribution is -2.58. The van der Waals surface area contributed by atoms with Crippen LogP contribution in [0.2, 0.25) is 0 Å². The average molecular weight is 215 g/mol. The van der Waals surface area contributed by atoms with Crippen molar-refractivity contribution in [2.45, 2.75) is 57.8 Å². The summed E-state index contributed by atoms with van der Waals surface area (Å²) in [6.45, 7) is 12.4. The Kier molecular flexibility index (Phi) is 3.49. The summed E-state index contributed by atoms with van der Waals surface area (Å²) in [7, 11) is 1.75. The summed E-state index contributed by atoms with van der Waals surface area (Å²) in [5, 5.41) is 3.43. The van der Waals surface area contributed by atoms with E-state index in [0.29, 0.717) is 0 Å². The third-order valence-corrected chi connectivity index (χ3v) is 2.92. The lowest BCUT2D eigenvalue weighted by Gasteiger charge is -2.46. The molecule has 0 aromatic carbocycles. The third-order valence-electron chi connectivity index (χ3n) is 2.92. The lowest BCUT2D eigenvalue weighted by molar-refractivity contribution is -0.178. The van der Waals surface area contributed by atoms with Gasteiger partial charge in [0.1, 0.15) is 0 Å². The molecule has 3 heteroatoms. The highest BCUT2D eigenvalue weighted by Crippen LogP contribution is 2.32. The maximum Gasteiger partial charge on any atom is 0.0813 e. The van der Waals surface area contributed by atoms with Gasteiger partial charge < -0.3 is 14.8 Å². The summed E-state index contributed by atoms with van der Waals surface area (Å²) in [5.41, 5.74) is -0.359. The van der Waals surface area contributed by atoms with Gasteiger partial charge in [0.2, 0.25) is 0 Å². The van der Waals surface area contributed by atoms with Crippen molar-refractivity contribution in [1.82, 2.24) is 5.32 Å². The maximum absolute atomic E-state index is 6.16. The fraction of sp³-hybridized carbons (Fsp3) is 1.00. The molecule has 90 valence electrons. The summed E-state index contributed by atoms with van der Waals surface area (Å²) in [6.07, 6.45) is 0.896. The predicted molar refractivity (Wildman–Crippen MR) is 62.1 cm³/mol. The second-order valence-corrected chi connectivity index (χ2v) is 6.06. The van der Waals surface area contributed by atoms with Gasteiger partial charge in [0, 0.05) is 26.6 Å². The van der Waals surface area contributed by atoms with Crippen molar-refractivity contribution in [2.24, 2.45) is 0 Å². The van der Waals surface area contributed by atoms with Crippen LogP contribution in [0.25, 0.3) is 0 Å². The first-order chi connectivity index (χ1) is 6.68. The van der Waals surface area contributed by atoms with Gasteiger partial charge in [-0.25, -0.2) is 0 Å². The van der Waals surface area contributed by atoms with Gasteiger partial charge in [-0.15, -0.1) is 0 Å². The van der Waals surface area contributed by atoms with Crippen LogP contribution in [-0.2, 0) is 9.47 Å². The van der Waals surface area contributed by atoms with Crippen LogP contribution in [0.3, 0.4) is 0 Å². The van der Waals surface area contributed by atoms with Crippen molar-refractivity contribution < 1.29 is 9.47 Å². The second kappa shape index (κ2) is 4.04. The van der Waals surface area contributed by atoms with Gasteiger partial charge in [0.05, 0.1) is 16.8 Å². The third kappa shape index (κ3) is 3.74. The van der Waals surface area contributed by atoms with Gasteiger partial charge in [-0.2, -0.15) is 0 Å². The maximum atomic E-state index is 6.16. The molecule has 1 rings (SSSR count). The first kappa shape index (κ1) is 12.9. The van der Waals surface area contributed by atoms with Crippen LogP contribution in [0.15, 0.2) is 0 Å².